The van der Waals surface area contributed by atoms with Crippen LogP contribution in [-0.2, 0) is 10.0 Å². The van der Waals surface area contributed by atoms with E-state index in [9.17, 15) is 13.2 Å². The summed E-state index contributed by atoms with van der Waals surface area (Å²) in [7, 11) is -2.30. The maximum absolute atomic E-state index is 12.6. The van der Waals surface area contributed by atoms with Crippen LogP contribution in [0.3, 0.4) is 0 Å². The second-order valence-corrected chi connectivity index (χ2v) is 7.84. The van der Waals surface area contributed by atoms with Crippen molar-refractivity contribution in [2.24, 2.45) is 0 Å². The summed E-state index contributed by atoms with van der Waals surface area (Å²) in [6, 6.07) is 19.8. The molecule has 0 spiro atoms. The van der Waals surface area contributed by atoms with Gasteiger partial charge in [0.05, 0.1) is 17.7 Å². The minimum Gasteiger partial charge on any atom is -0.495 e. The van der Waals surface area contributed by atoms with Gasteiger partial charge in [-0.1, -0.05) is 30.3 Å². The third kappa shape index (κ3) is 4.50. The molecule has 0 saturated heterocycles. The maximum Gasteiger partial charge on any atom is 0.261 e. The molecule has 6 nitrogen and oxygen atoms in total. The van der Waals surface area contributed by atoms with E-state index >= 15 is 0 Å². The number of nitrogens with one attached hydrogen (secondary N) is 2. The van der Waals surface area contributed by atoms with Gasteiger partial charge in [0, 0.05) is 11.3 Å². The third-order valence-electron chi connectivity index (χ3n) is 4.04. The number of para-hydroxylation sites is 1. The SMILES string of the molecule is COc1ccc(C)cc1NC(=O)c1cccc(S(=O)(=O)Nc2ccccc2)c1. The quantitative estimate of drug-likeness (QED) is 0.658. The Bertz CT molecular complexity index is 1100. The minimum atomic E-state index is -3.82. The average molecular weight is 396 g/mol. The molecule has 0 atom stereocenters. The van der Waals surface area contributed by atoms with E-state index in [-0.39, 0.29) is 10.5 Å². The Morgan fingerprint density at radius 2 is 1.68 bits per heavy atom. The number of benzene rings is 3. The van der Waals surface area contributed by atoms with Gasteiger partial charge in [-0.15, -0.1) is 0 Å². The van der Waals surface area contributed by atoms with Crippen molar-refractivity contribution < 1.29 is 17.9 Å². The van der Waals surface area contributed by atoms with Gasteiger partial charge in [0.1, 0.15) is 5.75 Å². The predicted octanol–water partition coefficient (Wildman–Crippen LogP) is 4.06. The number of aryl methyl sites for hydroxylation is 1. The van der Waals surface area contributed by atoms with Gasteiger partial charge in [0.15, 0.2) is 0 Å². The fourth-order valence-electron chi connectivity index (χ4n) is 2.64. The van der Waals surface area contributed by atoms with Crippen LogP contribution in [0, 0.1) is 6.92 Å². The highest BCUT2D eigenvalue weighted by Gasteiger charge is 2.17. The second-order valence-electron chi connectivity index (χ2n) is 6.16. The van der Waals surface area contributed by atoms with E-state index < -0.39 is 15.9 Å². The number of methoxy groups -OCH3 is 1. The number of ether oxygens (including phenoxy) is 1. The Labute approximate surface area is 164 Å². The Morgan fingerprint density at radius 1 is 0.929 bits per heavy atom. The van der Waals surface area contributed by atoms with Crippen LogP contribution in [-0.4, -0.2) is 21.4 Å². The van der Waals surface area contributed by atoms with Gasteiger partial charge in [-0.2, -0.15) is 0 Å². The summed E-state index contributed by atoms with van der Waals surface area (Å²) in [6.45, 7) is 1.90. The zero-order valence-corrected chi connectivity index (χ0v) is 16.3. The van der Waals surface area contributed by atoms with Crippen LogP contribution in [0.25, 0.3) is 0 Å². The van der Waals surface area contributed by atoms with E-state index in [1.165, 1.54) is 25.3 Å². The number of hydrogen-bond acceptors (Lipinski definition) is 4. The van der Waals surface area contributed by atoms with Crippen molar-refractivity contribution in [1.82, 2.24) is 0 Å². The minimum absolute atomic E-state index is 0.000195. The van der Waals surface area contributed by atoms with Crippen molar-refractivity contribution >= 4 is 27.3 Å². The highest BCUT2D eigenvalue weighted by molar-refractivity contribution is 7.92. The molecule has 0 bridgehead atoms. The monoisotopic (exact) mass is 396 g/mol. The molecule has 3 rings (SSSR count). The molecule has 7 heteroatoms. The molecule has 0 saturated carbocycles. The molecular formula is C21H20N2O4S. The average Bonchev–Trinajstić information content (AvgIpc) is 2.69. The second kappa shape index (κ2) is 8.14. The van der Waals surface area contributed by atoms with E-state index in [1.807, 2.05) is 13.0 Å². The van der Waals surface area contributed by atoms with Crippen molar-refractivity contribution in [2.75, 3.05) is 17.1 Å². The van der Waals surface area contributed by atoms with E-state index in [2.05, 4.69) is 10.0 Å². The molecule has 0 unspecified atom stereocenters. The molecule has 0 aliphatic heterocycles. The zero-order chi connectivity index (χ0) is 20.1. The van der Waals surface area contributed by atoms with Crippen molar-refractivity contribution in [3.05, 3.63) is 83.9 Å². The third-order valence-corrected chi connectivity index (χ3v) is 5.41. The Balaban J connectivity index is 1.85. The lowest BCUT2D eigenvalue weighted by Gasteiger charge is -2.12. The van der Waals surface area contributed by atoms with Gasteiger partial charge in [0.2, 0.25) is 0 Å². The first kappa shape index (κ1) is 19.4. The lowest BCUT2D eigenvalue weighted by Crippen LogP contribution is -2.16. The first-order valence-corrected chi connectivity index (χ1v) is 10.0. The van der Waals surface area contributed by atoms with Crippen LogP contribution in [0.1, 0.15) is 15.9 Å². The molecule has 0 radical (unpaired) electrons. The summed E-state index contributed by atoms with van der Waals surface area (Å²) in [5.41, 5.74) is 2.14. The molecule has 1 amide bonds. The summed E-state index contributed by atoms with van der Waals surface area (Å²) in [6.07, 6.45) is 0. The normalized spacial score (nSPS) is 10.9. The van der Waals surface area contributed by atoms with Crippen LogP contribution in [0.2, 0.25) is 0 Å². The first-order valence-electron chi connectivity index (χ1n) is 8.53. The lowest BCUT2D eigenvalue weighted by molar-refractivity contribution is 0.102. The smallest absolute Gasteiger partial charge is 0.261 e. The molecule has 28 heavy (non-hydrogen) atoms. The number of sulfonamides is 1. The summed E-state index contributed by atoms with van der Waals surface area (Å²) in [5, 5.41) is 2.77. The summed E-state index contributed by atoms with van der Waals surface area (Å²) >= 11 is 0. The van der Waals surface area contributed by atoms with Crippen LogP contribution in [0.15, 0.2) is 77.7 Å². The number of hydrogen-bond donors (Lipinski definition) is 2. The van der Waals surface area contributed by atoms with Crippen molar-refractivity contribution in [1.29, 1.82) is 0 Å². The highest BCUT2D eigenvalue weighted by Crippen LogP contribution is 2.26. The highest BCUT2D eigenvalue weighted by atomic mass is 32.2. The first-order chi connectivity index (χ1) is 13.4. The van der Waals surface area contributed by atoms with Gasteiger partial charge in [0.25, 0.3) is 15.9 Å². The van der Waals surface area contributed by atoms with E-state index in [0.29, 0.717) is 17.1 Å². The van der Waals surface area contributed by atoms with Crippen LogP contribution in [0.5, 0.6) is 5.75 Å². The predicted molar refractivity (Wildman–Crippen MR) is 109 cm³/mol. The molecule has 0 aromatic heterocycles. The van der Waals surface area contributed by atoms with Crippen LogP contribution >= 0.6 is 0 Å². The molecule has 0 fully saturated rings. The molecule has 144 valence electrons. The van der Waals surface area contributed by atoms with Gasteiger partial charge >= 0.3 is 0 Å². The summed E-state index contributed by atoms with van der Waals surface area (Å²) < 4.78 is 33.0. The molecule has 2 N–H and O–H groups in total. The van der Waals surface area contributed by atoms with E-state index in [0.717, 1.165) is 5.56 Å². The molecular weight excluding hydrogens is 376 g/mol. The van der Waals surface area contributed by atoms with E-state index in [1.54, 1.807) is 48.5 Å². The van der Waals surface area contributed by atoms with Gasteiger partial charge in [-0.25, -0.2) is 8.42 Å². The van der Waals surface area contributed by atoms with Gasteiger partial charge in [-0.3, -0.25) is 9.52 Å². The number of rotatable bonds is 6. The largest absolute Gasteiger partial charge is 0.495 e. The Morgan fingerprint density at radius 3 is 2.39 bits per heavy atom. The number of carbonyl (C=O) groups excluding carboxylic acids is 1. The summed E-state index contributed by atoms with van der Waals surface area (Å²) in [4.78, 5) is 12.6. The van der Waals surface area contributed by atoms with E-state index in [4.69, 9.17) is 4.74 Å². The van der Waals surface area contributed by atoms with Crippen molar-refractivity contribution in [3.63, 3.8) is 0 Å². The molecule has 0 aliphatic rings. The lowest BCUT2D eigenvalue weighted by atomic mass is 10.1. The topological polar surface area (TPSA) is 84.5 Å². The molecule has 0 heterocycles. The van der Waals surface area contributed by atoms with Gasteiger partial charge in [-0.05, 0) is 55.0 Å². The van der Waals surface area contributed by atoms with Crippen LogP contribution < -0.4 is 14.8 Å². The fourth-order valence-corrected chi connectivity index (χ4v) is 3.74. The Kier molecular flexibility index (Phi) is 5.65. The maximum atomic E-state index is 12.6. The zero-order valence-electron chi connectivity index (χ0n) is 15.5. The van der Waals surface area contributed by atoms with Crippen molar-refractivity contribution in [3.8, 4) is 5.75 Å². The fraction of sp³-hybridized carbons (Fsp3) is 0.0952. The summed E-state index contributed by atoms with van der Waals surface area (Å²) in [5.74, 6) is 0.0918. The van der Waals surface area contributed by atoms with Gasteiger partial charge < -0.3 is 10.1 Å². The van der Waals surface area contributed by atoms with Crippen LogP contribution in [0.4, 0.5) is 11.4 Å². The Hall–Kier alpha value is -3.32. The number of amides is 1. The molecule has 3 aromatic carbocycles. The number of carbonyl (C=O) groups is 1. The molecule has 3 aromatic rings. The number of anilines is 2. The standard InChI is InChI=1S/C21H20N2O4S/c1-15-11-12-20(27-2)19(13-15)22-21(24)16-7-6-10-18(14-16)28(25,26)23-17-8-4-3-5-9-17/h3-14,23H,1-2H3,(H,22,24). The van der Waals surface area contributed by atoms with Crippen molar-refractivity contribution in [2.45, 2.75) is 11.8 Å². The molecule has 0 aliphatic carbocycles.